The standard InChI is InChI=1S/C21H28N2O4/c1-15-14-17(8-6-10-19(24)25)16(2)21(26-3)20(15)27-13-7-12-23-18-9-4-5-11-22-18/h4-5,9,11,14H,6-8,10,12-13H2,1-3H3,(H,22,23)(H,24,25). The molecule has 2 N–H and O–H groups in total. The van der Waals surface area contributed by atoms with Crippen LogP contribution in [0.4, 0.5) is 5.82 Å². The molecule has 0 aliphatic heterocycles. The minimum atomic E-state index is -0.768. The highest BCUT2D eigenvalue weighted by Crippen LogP contribution is 2.37. The highest BCUT2D eigenvalue weighted by atomic mass is 16.5. The third kappa shape index (κ3) is 6.16. The van der Waals surface area contributed by atoms with Crippen molar-refractivity contribution in [3.05, 3.63) is 47.2 Å². The number of rotatable bonds is 11. The maximum absolute atomic E-state index is 10.7. The average molecular weight is 372 g/mol. The van der Waals surface area contributed by atoms with Crippen molar-refractivity contribution in [1.29, 1.82) is 0 Å². The average Bonchev–Trinajstić information content (AvgIpc) is 2.65. The van der Waals surface area contributed by atoms with Crippen molar-refractivity contribution in [3.8, 4) is 11.5 Å². The second-order valence-electron chi connectivity index (χ2n) is 6.43. The topological polar surface area (TPSA) is 80.7 Å². The normalized spacial score (nSPS) is 10.5. The van der Waals surface area contributed by atoms with E-state index in [9.17, 15) is 4.79 Å². The van der Waals surface area contributed by atoms with Crippen molar-refractivity contribution >= 4 is 11.8 Å². The number of hydrogen-bond acceptors (Lipinski definition) is 5. The lowest BCUT2D eigenvalue weighted by molar-refractivity contribution is -0.137. The zero-order valence-electron chi connectivity index (χ0n) is 16.2. The molecule has 6 nitrogen and oxygen atoms in total. The van der Waals surface area contributed by atoms with E-state index < -0.39 is 5.97 Å². The van der Waals surface area contributed by atoms with Gasteiger partial charge in [0.1, 0.15) is 5.82 Å². The van der Waals surface area contributed by atoms with Crippen LogP contribution in [0.1, 0.15) is 36.0 Å². The Labute approximate surface area is 160 Å². The molecule has 0 saturated carbocycles. The summed E-state index contributed by atoms with van der Waals surface area (Å²) in [6.45, 7) is 5.31. The van der Waals surface area contributed by atoms with Gasteiger partial charge in [-0.15, -0.1) is 0 Å². The molecule has 0 aliphatic rings. The van der Waals surface area contributed by atoms with Crippen LogP contribution < -0.4 is 14.8 Å². The minimum absolute atomic E-state index is 0.169. The molecule has 146 valence electrons. The largest absolute Gasteiger partial charge is 0.493 e. The number of anilines is 1. The van der Waals surface area contributed by atoms with Crippen molar-refractivity contribution in [2.24, 2.45) is 0 Å². The Morgan fingerprint density at radius 3 is 2.70 bits per heavy atom. The molecule has 1 aromatic carbocycles. The van der Waals surface area contributed by atoms with Gasteiger partial charge in [0.25, 0.3) is 0 Å². The monoisotopic (exact) mass is 372 g/mol. The van der Waals surface area contributed by atoms with E-state index in [2.05, 4.69) is 16.4 Å². The van der Waals surface area contributed by atoms with E-state index >= 15 is 0 Å². The summed E-state index contributed by atoms with van der Waals surface area (Å²) in [7, 11) is 1.64. The zero-order chi connectivity index (χ0) is 19.6. The second-order valence-corrected chi connectivity index (χ2v) is 6.43. The van der Waals surface area contributed by atoms with Gasteiger partial charge in [-0.25, -0.2) is 4.98 Å². The SMILES string of the molecule is COc1c(C)c(CCCC(=O)O)cc(C)c1OCCCNc1ccccn1. The fourth-order valence-corrected chi connectivity index (χ4v) is 2.98. The number of aromatic nitrogens is 1. The summed E-state index contributed by atoms with van der Waals surface area (Å²) in [6.07, 6.45) is 4.08. The maximum Gasteiger partial charge on any atom is 0.303 e. The van der Waals surface area contributed by atoms with E-state index in [0.29, 0.717) is 19.4 Å². The van der Waals surface area contributed by atoms with E-state index in [4.69, 9.17) is 14.6 Å². The summed E-state index contributed by atoms with van der Waals surface area (Å²) in [5.74, 6) is 1.58. The number of hydrogen-bond donors (Lipinski definition) is 2. The van der Waals surface area contributed by atoms with E-state index in [1.54, 1.807) is 13.3 Å². The molecule has 1 aromatic heterocycles. The van der Waals surface area contributed by atoms with Gasteiger partial charge in [0.2, 0.25) is 0 Å². The van der Waals surface area contributed by atoms with Crippen LogP contribution >= 0.6 is 0 Å². The summed E-state index contributed by atoms with van der Waals surface area (Å²) >= 11 is 0. The summed E-state index contributed by atoms with van der Waals surface area (Å²) in [4.78, 5) is 15.0. The number of nitrogens with zero attached hydrogens (tertiary/aromatic N) is 1. The summed E-state index contributed by atoms with van der Waals surface area (Å²) in [5, 5.41) is 12.1. The van der Waals surface area contributed by atoms with Crippen molar-refractivity contribution in [3.63, 3.8) is 0 Å². The van der Waals surface area contributed by atoms with E-state index in [0.717, 1.165) is 47.0 Å². The molecule has 0 radical (unpaired) electrons. The Morgan fingerprint density at radius 1 is 1.22 bits per heavy atom. The molecule has 1 heterocycles. The fraction of sp³-hybridized carbons (Fsp3) is 0.429. The Balaban J connectivity index is 1.93. The molecule has 27 heavy (non-hydrogen) atoms. The maximum atomic E-state index is 10.7. The molecule has 0 atom stereocenters. The fourth-order valence-electron chi connectivity index (χ4n) is 2.98. The van der Waals surface area contributed by atoms with Crippen LogP contribution in [-0.2, 0) is 11.2 Å². The molecule has 0 unspecified atom stereocenters. The van der Waals surface area contributed by atoms with Crippen LogP contribution in [0.3, 0.4) is 0 Å². The van der Waals surface area contributed by atoms with Gasteiger partial charge in [-0.1, -0.05) is 12.1 Å². The van der Waals surface area contributed by atoms with E-state index in [-0.39, 0.29) is 6.42 Å². The van der Waals surface area contributed by atoms with Crippen LogP contribution in [-0.4, -0.2) is 36.3 Å². The summed E-state index contributed by atoms with van der Waals surface area (Å²) in [6, 6.07) is 7.83. The lowest BCUT2D eigenvalue weighted by atomic mass is 9.98. The van der Waals surface area contributed by atoms with Crippen molar-refractivity contribution in [2.75, 3.05) is 25.6 Å². The van der Waals surface area contributed by atoms with Gasteiger partial charge < -0.3 is 19.9 Å². The number of benzene rings is 1. The van der Waals surface area contributed by atoms with Crippen LogP contribution in [0.25, 0.3) is 0 Å². The number of nitrogens with one attached hydrogen (secondary N) is 1. The predicted molar refractivity (Wildman–Crippen MR) is 106 cm³/mol. The van der Waals surface area contributed by atoms with Gasteiger partial charge in [-0.2, -0.15) is 0 Å². The molecule has 0 aliphatic carbocycles. The quantitative estimate of drug-likeness (QED) is 0.581. The highest BCUT2D eigenvalue weighted by molar-refractivity contribution is 5.66. The first kappa shape index (κ1) is 20.6. The number of carbonyl (C=O) groups is 1. The minimum Gasteiger partial charge on any atom is -0.493 e. The number of carboxylic acids is 1. The van der Waals surface area contributed by atoms with E-state index in [1.807, 2.05) is 32.0 Å². The zero-order valence-corrected chi connectivity index (χ0v) is 16.2. The molecule has 2 rings (SSSR count). The number of pyridine rings is 1. The Kier molecular flexibility index (Phi) is 7.92. The third-order valence-corrected chi connectivity index (χ3v) is 4.36. The van der Waals surface area contributed by atoms with Crippen LogP contribution in [0.2, 0.25) is 0 Å². The van der Waals surface area contributed by atoms with Crippen molar-refractivity contribution in [1.82, 2.24) is 4.98 Å². The number of aryl methyl sites for hydroxylation is 2. The summed E-state index contributed by atoms with van der Waals surface area (Å²) < 4.78 is 11.6. The Hall–Kier alpha value is -2.76. The first-order valence-electron chi connectivity index (χ1n) is 9.19. The first-order chi connectivity index (χ1) is 13.0. The third-order valence-electron chi connectivity index (χ3n) is 4.36. The number of carboxylic acid groups (broad SMARTS) is 1. The van der Waals surface area contributed by atoms with Gasteiger partial charge >= 0.3 is 5.97 Å². The lowest BCUT2D eigenvalue weighted by Crippen LogP contribution is -2.10. The van der Waals surface area contributed by atoms with Crippen molar-refractivity contribution < 1.29 is 19.4 Å². The van der Waals surface area contributed by atoms with Gasteiger partial charge in [-0.05, 0) is 61.9 Å². The molecule has 0 saturated heterocycles. The number of aliphatic carboxylic acids is 1. The lowest BCUT2D eigenvalue weighted by Gasteiger charge is -2.18. The van der Waals surface area contributed by atoms with E-state index in [1.165, 1.54) is 0 Å². The van der Waals surface area contributed by atoms with Gasteiger partial charge in [0, 0.05) is 19.2 Å². The number of ether oxygens (including phenoxy) is 2. The molecule has 0 spiro atoms. The Bertz CT molecular complexity index is 748. The Morgan fingerprint density at radius 2 is 2.04 bits per heavy atom. The molecule has 0 amide bonds. The smallest absolute Gasteiger partial charge is 0.303 e. The van der Waals surface area contributed by atoms with Crippen molar-refractivity contribution in [2.45, 2.75) is 39.5 Å². The second kappa shape index (κ2) is 10.4. The van der Waals surface area contributed by atoms with Gasteiger partial charge in [-0.3, -0.25) is 4.79 Å². The molecular weight excluding hydrogens is 344 g/mol. The van der Waals surface area contributed by atoms with Crippen LogP contribution in [0.15, 0.2) is 30.5 Å². The predicted octanol–water partition coefficient (Wildman–Crippen LogP) is 4.00. The van der Waals surface area contributed by atoms with Crippen LogP contribution in [0.5, 0.6) is 11.5 Å². The molecule has 2 aromatic rings. The molecule has 0 fully saturated rings. The highest BCUT2D eigenvalue weighted by Gasteiger charge is 2.15. The van der Waals surface area contributed by atoms with Gasteiger partial charge in [0.05, 0.1) is 13.7 Å². The molecular formula is C21H28N2O4. The summed E-state index contributed by atoms with van der Waals surface area (Å²) in [5.41, 5.74) is 3.12. The first-order valence-corrected chi connectivity index (χ1v) is 9.19. The number of methoxy groups -OCH3 is 1. The van der Waals surface area contributed by atoms with Gasteiger partial charge in [0.15, 0.2) is 11.5 Å². The van der Waals surface area contributed by atoms with Crippen LogP contribution in [0, 0.1) is 13.8 Å². The molecule has 0 bridgehead atoms. The molecule has 6 heteroatoms.